The molecule has 2 aromatic rings. The van der Waals surface area contributed by atoms with Crippen molar-refractivity contribution >= 4 is 67.8 Å². The zero-order chi connectivity index (χ0) is 20.6. The maximum atomic E-state index is 12.6. The van der Waals surface area contributed by atoms with Crippen LogP contribution in [0.2, 0.25) is 0 Å². The first-order chi connectivity index (χ1) is 14.0. The SMILES string of the molecule is O=C(CCCN1C(=O)/C(=C/C=C/c2ccccc2)SC1=S)Nc1ccc(Br)cc1. The molecule has 0 unspecified atom stereocenters. The molecule has 2 aromatic carbocycles. The molecule has 3 rings (SSSR count). The van der Waals surface area contributed by atoms with E-state index in [4.69, 9.17) is 12.2 Å². The van der Waals surface area contributed by atoms with Crippen molar-refractivity contribution in [3.8, 4) is 0 Å². The van der Waals surface area contributed by atoms with Gasteiger partial charge in [-0.3, -0.25) is 14.5 Å². The van der Waals surface area contributed by atoms with Gasteiger partial charge < -0.3 is 5.32 Å². The van der Waals surface area contributed by atoms with Gasteiger partial charge in [0, 0.05) is 23.1 Å². The fraction of sp³-hybridized carbons (Fsp3) is 0.136. The lowest BCUT2D eigenvalue weighted by atomic mass is 10.2. The van der Waals surface area contributed by atoms with Crippen LogP contribution >= 0.6 is 39.9 Å². The molecule has 1 heterocycles. The Morgan fingerprint density at radius 1 is 1.14 bits per heavy atom. The average Bonchev–Trinajstić information content (AvgIpc) is 2.98. The number of nitrogens with one attached hydrogen (secondary N) is 1. The predicted molar refractivity (Wildman–Crippen MR) is 127 cm³/mol. The third-order valence-corrected chi connectivity index (χ3v) is 6.05. The number of hydrogen-bond donors (Lipinski definition) is 1. The fourth-order valence-electron chi connectivity index (χ4n) is 2.67. The summed E-state index contributed by atoms with van der Waals surface area (Å²) in [7, 11) is 0. The van der Waals surface area contributed by atoms with Crippen LogP contribution in [0.15, 0.2) is 76.1 Å². The van der Waals surface area contributed by atoms with E-state index in [0.717, 1.165) is 15.7 Å². The summed E-state index contributed by atoms with van der Waals surface area (Å²) in [4.78, 5) is 26.8. The lowest BCUT2D eigenvalue weighted by Crippen LogP contribution is -2.29. The second-order valence-corrected chi connectivity index (χ2v) is 8.88. The minimum atomic E-state index is -0.106. The molecule has 29 heavy (non-hydrogen) atoms. The molecule has 4 nitrogen and oxygen atoms in total. The summed E-state index contributed by atoms with van der Waals surface area (Å²) in [5.74, 6) is -0.190. The summed E-state index contributed by atoms with van der Waals surface area (Å²) in [5.41, 5.74) is 1.81. The van der Waals surface area contributed by atoms with Crippen molar-refractivity contribution in [3.63, 3.8) is 0 Å². The fourth-order valence-corrected chi connectivity index (χ4v) is 4.20. The Balaban J connectivity index is 1.48. The van der Waals surface area contributed by atoms with Gasteiger partial charge in [0.05, 0.1) is 4.91 Å². The third kappa shape index (κ3) is 6.39. The summed E-state index contributed by atoms with van der Waals surface area (Å²) < 4.78 is 1.49. The Morgan fingerprint density at radius 2 is 1.86 bits per heavy atom. The van der Waals surface area contributed by atoms with Crippen LogP contribution in [0.4, 0.5) is 5.69 Å². The molecule has 7 heteroatoms. The quantitative estimate of drug-likeness (QED) is 0.407. The predicted octanol–water partition coefficient (Wildman–Crippen LogP) is 5.63. The highest BCUT2D eigenvalue weighted by Gasteiger charge is 2.31. The van der Waals surface area contributed by atoms with E-state index >= 15 is 0 Å². The molecule has 0 spiro atoms. The first-order valence-electron chi connectivity index (χ1n) is 9.05. The monoisotopic (exact) mass is 486 g/mol. The van der Waals surface area contributed by atoms with E-state index in [-0.39, 0.29) is 11.8 Å². The summed E-state index contributed by atoms with van der Waals surface area (Å²) in [6, 6.07) is 17.3. The van der Waals surface area contributed by atoms with Crippen LogP contribution in [0.25, 0.3) is 6.08 Å². The minimum absolute atomic E-state index is 0.0842. The number of halogens is 1. The smallest absolute Gasteiger partial charge is 0.266 e. The first kappa shape index (κ1) is 21.5. The number of anilines is 1. The van der Waals surface area contributed by atoms with Gasteiger partial charge in [-0.05, 0) is 42.3 Å². The van der Waals surface area contributed by atoms with Gasteiger partial charge in [-0.2, -0.15) is 0 Å². The highest BCUT2D eigenvalue weighted by molar-refractivity contribution is 9.10. The minimum Gasteiger partial charge on any atom is -0.326 e. The molecule has 1 N–H and O–H groups in total. The number of thioether (sulfide) groups is 1. The zero-order valence-corrected chi connectivity index (χ0v) is 18.7. The summed E-state index contributed by atoms with van der Waals surface area (Å²) in [6.45, 7) is 0.429. The van der Waals surface area contributed by atoms with E-state index in [9.17, 15) is 9.59 Å². The number of benzene rings is 2. The van der Waals surface area contributed by atoms with Crippen molar-refractivity contribution in [3.05, 3.63) is 81.7 Å². The van der Waals surface area contributed by atoms with Crippen LogP contribution < -0.4 is 5.32 Å². The molecule has 0 radical (unpaired) electrons. The van der Waals surface area contributed by atoms with Crippen LogP contribution in [0.5, 0.6) is 0 Å². The number of carbonyl (C=O) groups excluding carboxylic acids is 2. The highest BCUT2D eigenvalue weighted by Crippen LogP contribution is 2.31. The van der Waals surface area contributed by atoms with Gasteiger partial charge in [0.15, 0.2) is 0 Å². The van der Waals surface area contributed by atoms with Crippen molar-refractivity contribution in [2.75, 3.05) is 11.9 Å². The van der Waals surface area contributed by atoms with Gasteiger partial charge in [-0.25, -0.2) is 0 Å². The molecule has 0 saturated carbocycles. The Morgan fingerprint density at radius 3 is 2.59 bits per heavy atom. The molecule has 1 saturated heterocycles. The molecule has 1 aliphatic rings. The Kier molecular flexibility index (Phi) is 7.80. The molecule has 1 aliphatic heterocycles. The molecular weight excluding hydrogens is 468 g/mol. The highest BCUT2D eigenvalue weighted by atomic mass is 79.9. The van der Waals surface area contributed by atoms with E-state index in [2.05, 4.69) is 21.2 Å². The summed E-state index contributed by atoms with van der Waals surface area (Å²) >= 11 is 9.99. The second kappa shape index (κ2) is 10.5. The average molecular weight is 487 g/mol. The summed E-state index contributed by atoms with van der Waals surface area (Å²) in [6.07, 6.45) is 6.45. The Hall–Kier alpha value is -2.22. The molecule has 148 valence electrons. The molecule has 1 fully saturated rings. The van der Waals surface area contributed by atoms with Gasteiger partial charge in [-0.1, -0.05) is 82.4 Å². The Bertz CT molecular complexity index is 957. The normalized spacial score (nSPS) is 15.5. The number of carbonyl (C=O) groups is 2. The van der Waals surface area contributed by atoms with Crippen LogP contribution in [-0.4, -0.2) is 27.6 Å². The van der Waals surface area contributed by atoms with Crippen molar-refractivity contribution < 1.29 is 9.59 Å². The maximum absolute atomic E-state index is 12.6. The molecule has 0 atom stereocenters. The summed E-state index contributed by atoms with van der Waals surface area (Å²) in [5, 5.41) is 2.85. The van der Waals surface area contributed by atoms with Crippen molar-refractivity contribution in [1.82, 2.24) is 4.90 Å². The standard InChI is InChI=1S/C22H19BrN2O2S2/c23-17-11-13-18(14-12-17)24-20(26)10-5-15-25-21(27)19(29-22(25)28)9-4-8-16-6-2-1-3-7-16/h1-4,6-9,11-14H,5,10,15H2,(H,24,26)/b8-4+,19-9-. The lowest BCUT2D eigenvalue weighted by molar-refractivity contribution is -0.122. The number of thiocarbonyl (C=S) groups is 1. The molecule has 2 amide bonds. The van der Waals surface area contributed by atoms with E-state index < -0.39 is 0 Å². The van der Waals surface area contributed by atoms with E-state index in [0.29, 0.717) is 28.6 Å². The van der Waals surface area contributed by atoms with Gasteiger partial charge in [-0.15, -0.1) is 0 Å². The number of amides is 2. The van der Waals surface area contributed by atoms with Crippen LogP contribution in [-0.2, 0) is 9.59 Å². The molecule has 0 bridgehead atoms. The second-order valence-electron chi connectivity index (χ2n) is 6.28. The van der Waals surface area contributed by atoms with Crippen LogP contribution in [0.3, 0.4) is 0 Å². The van der Waals surface area contributed by atoms with E-state index in [1.54, 1.807) is 11.0 Å². The van der Waals surface area contributed by atoms with Gasteiger partial charge in [0.25, 0.3) is 5.91 Å². The van der Waals surface area contributed by atoms with Gasteiger partial charge >= 0.3 is 0 Å². The molecular formula is C22H19BrN2O2S2. The largest absolute Gasteiger partial charge is 0.326 e. The van der Waals surface area contributed by atoms with E-state index in [1.165, 1.54) is 11.8 Å². The third-order valence-electron chi connectivity index (χ3n) is 4.12. The number of nitrogens with zero attached hydrogens (tertiary/aromatic N) is 1. The van der Waals surface area contributed by atoms with Gasteiger partial charge in [0.1, 0.15) is 4.32 Å². The van der Waals surface area contributed by atoms with Gasteiger partial charge in [0.2, 0.25) is 5.91 Å². The molecule has 0 aliphatic carbocycles. The van der Waals surface area contributed by atoms with Crippen LogP contribution in [0, 0.1) is 0 Å². The van der Waals surface area contributed by atoms with Crippen LogP contribution in [0.1, 0.15) is 18.4 Å². The maximum Gasteiger partial charge on any atom is 0.266 e. The topological polar surface area (TPSA) is 49.4 Å². The zero-order valence-electron chi connectivity index (χ0n) is 15.5. The van der Waals surface area contributed by atoms with Crippen molar-refractivity contribution in [2.45, 2.75) is 12.8 Å². The van der Waals surface area contributed by atoms with Crippen molar-refractivity contribution in [2.24, 2.45) is 0 Å². The Labute approximate surface area is 188 Å². The number of allylic oxidation sites excluding steroid dienone is 2. The first-order valence-corrected chi connectivity index (χ1v) is 11.1. The van der Waals surface area contributed by atoms with Crippen molar-refractivity contribution in [1.29, 1.82) is 0 Å². The molecule has 0 aromatic heterocycles. The number of rotatable bonds is 7. The van der Waals surface area contributed by atoms with E-state index in [1.807, 2.05) is 66.7 Å². The lowest BCUT2D eigenvalue weighted by Gasteiger charge is -2.14. The number of hydrogen-bond acceptors (Lipinski definition) is 4.